The van der Waals surface area contributed by atoms with Crippen molar-refractivity contribution in [3.63, 3.8) is 0 Å². The standard InChI is InChI=1S/C16H19N3O4S/c1-16(2,3)23-15(21)19(14-18-8-12(10-20)24-14)9-11-5-6-13(22-4)17-7-11/h5-8,10H,9H2,1-4H3. The van der Waals surface area contributed by atoms with Crippen molar-refractivity contribution in [3.8, 4) is 5.88 Å². The number of aldehydes is 1. The van der Waals surface area contributed by atoms with Gasteiger partial charge in [0.25, 0.3) is 0 Å². The van der Waals surface area contributed by atoms with Crippen LogP contribution in [0.25, 0.3) is 0 Å². The van der Waals surface area contributed by atoms with E-state index in [0.29, 0.717) is 22.2 Å². The first-order chi connectivity index (χ1) is 11.3. The van der Waals surface area contributed by atoms with Gasteiger partial charge in [-0.15, -0.1) is 0 Å². The van der Waals surface area contributed by atoms with Gasteiger partial charge in [-0.1, -0.05) is 17.4 Å². The number of carbonyl (C=O) groups excluding carboxylic acids is 2. The first-order valence-electron chi connectivity index (χ1n) is 7.23. The number of pyridine rings is 1. The van der Waals surface area contributed by atoms with Gasteiger partial charge in [0.15, 0.2) is 11.4 Å². The number of nitrogens with zero attached hydrogens (tertiary/aromatic N) is 3. The molecule has 0 saturated carbocycles. The smallest absolute Gasteiger partial charge is 0.416 e. The molecule has 0 saturated heterocycles. The summed E-state index contributed by atoms with van der Waals surface area (Å²) in [6.07, 6.45) is 3.20. The van der Waals surface area contributed by atoms with E-state index in [2.05, 4.69) is 9.97 Å². The number of rotatable bonds is 5. The number of thiazole rings is 1. The summed E-state index contributed by atoms with van der Waals surface area (Å²) in [5.74, 6) is 0.486. The Bertz CT molecular complexity index is 707. The molecule has 7 nitrogen and oxygen atoms in total. The van der Waals surface area contributed by atoms with Crippen LogP contribution in [0.15, 0.2) is 24.5 Å². The number of anilines is 1. The molecule has 2 heterocycles. The zero-order valence-corrected chi connectivity index (χ0v) is 14.8. The maximum absolute atomic E-state index is 12.5. The molecule has 8 heteroatoms. The van der Waals surface area contributed by atoms with Crippen LogP contribution in [0.5, 0.6) is 5.88 Å². The Labute approximate surface area is 144 Å². The molecule has 0 unspecified atom stereocenters. The van der Waals surface area contributed by atoms with Crippen molar-refractivity contribution < 1.29 is 19.1 Å². The normalized spacial score (nSPS) is 11.0. The third kappa shape index (κ3) is 4.76. The van der Waals surface area contributed by atoms with Crippen molar-refractivity contribution in [2.24, 2.45) is 0 Å². The Kier molecular flexibility index (Phi) is 5.50. The highest BCUT2D eigenvalue weighted by Crippen LogP contribution is 2.25. The summed E-state index contributed by atoms with van der Waals surface area (Å²) in [5, 5.41) is 0.391. The van der Waals surface area contributed by atoms with E-state index in [4.69, 9.17) is 9.47 Å². The molecule has 0 aromatic carbocycles. The predicted octanol–water partition coefficient (Wildman–Crippen LogP) is 3.30. The first-order valence-corrected chi connectivity index (χ1v) is 8.04. The highest BCUT2D eigenvalue weighted by molar-refractivity contribution is 7.17. The molecular weight excluding hydrogens is 330 g/mol. The Hall–Kier alpha value is -2.48. The number of ether oxygens (including phenoxy) is 2. The van der Waals surface area contributed by atoms with E-state index in [1.807, 2.05) is 0 Å². The van der Waals surface area contributed by atoms with Crippen LogP contribution >= 0.6 is 11.3 Å². The minimum Gasteiger partial charge on any atom is -0.481 e. The maximum Gasteiger partial charge on any atom is 0.416 e. The summed E-state index contributed by atoms with van der Waals surface area (Å²) in [5.41, 5.74) is 0.141. The summed E-state index contributed by atoms with van der Waals surface area (Å²) in [7, 11) is 1.53. The van der Waals surface area contributed by atoms with Gasteiger partial charge in [0.1, 0.15) is 5.60 Å². The van der Waals surface area contributed by atoms with Crippen LogP contribution in [0.4, 0.5) is 9.93 Å². The fourth-order valence-electron chi connectivity index (χ4n) is 1.79. The lowest BCUT2D eigenvalue weighted by atomic mass is 10.2. The number of aromatic nitrogens is 2. The van der Waals surface area contributed by atoms with Crippen molar-refractivity contribution in [2.45, 2.75) is 32.9 Å². The average Bonchev–Trinajstić information content (AvgIpc) is 3.00. The van der Waals surface area contributed by atoms with Crippen molar-refractivity contribution in [3.05, 3.63) is 35.0 Å². The third-order valence-electron chi connectivity index (χ3n) is 2.82. The Morgan fingerprint density at radius 2 is 2.04 bits per heavy atom. The summed E-state index contributed by atoms with van der Waals surface area (Å²) in [6, 6.07) is 3.51. The van der Waals surface area contributed by atoms with Crippen molar-refractivity contribution in [1.82, 2.24) is 9.97 Å². The second-order valence-electron chi connectivity index (χ2n) is 5.94. The van der Waals surface area contributed by atoms with Crippen molar-refractivity contribution in [1.29, 1.82) is 0 Å². The quantitative estimate of drug-likeness (QED) is 0.770. The molecule has 0 aliphatic heterocycles. The molecule has 0 radical (unpaired) electrons. The Morgan fingerprint density at radius 1 is 1.29 bits per heavy atom. The number of hydrogen-bond acceptors (Lipinski definition) is 7. The van der Waals surface area contributed by atoms with Crippen molar-refractivity contribution >= 4 is 28.8 Å². The van der Waals surface area contributed by atoms with Crippen LogP contribution in [0.1, 0.15) is 36.0 Å². The van der Waals surface area contributed by atoms with E-state index in [0.717, 1.165) is 16.9 Å². The van der Waals surface area contributed by atoms with Gasteiger partial charge in [-0.2, -0.15) is 0 Å². The van der Waals surface area contributed by atoms with Gasteiger partial charge in [0.05, 0.1) is 24.7 Å². The molecule has 0 atom stereocenters. The SMILES string of the molecule is COc1ccc(CN(C(=O)OC(C)(C)C)c2ncc(C=O)s2)cn1. The predicted molar refractivity (Wildman–Crippen MR) is 90.7 cm³/mol. The highest BCUT2D eigenvalue weighted by atomic mass is 32.1. The topological polar surface area (TPSA) is 81.6 Å². The molecule has 1 amide bonds. The van der Waals surface area contributed by atoms with Gasteiger partial charge < -0.3 is 9.47 Å². The summed E-state index contributed by atoms with van der Waals surface area (Å²) >= 11 is 1.12. The summed E-state index contributed by atoms with van der Waals surface area (Å²) in [4.78, 5) is 33.5. The van der Waals surface area contributed by atoms with Gasteiger partial charge in [0, 0.05) is 12.3 Å². The van der Waals surface area contributed by atoms with E-state index in [1.54, 1.807) is 39.1 Å². The third-order valence-corrected chi connectivity index (χ3v) is 3.77. The Morgan fingerprint density at radius 3 is 2.54 bits per heavy atom. The molecule has 2 aromatic heterocycles. The number of amides is 1. The molecule has 24 heavy (non-hydrogen) atoms. The minimum atomic E-state index is -0.641. The van der Waals surface area contributed by atoms with Gasteiger partial charge in [0.2, 0.25) is 5.88 Å². The lowest BCUT2D eigenvalue weighted by Crippen LogP contribution is -2.36. The fraction of sp³-hybridized carbons (Fsp3) is 0.375. The second kappa shape index (κ2) is 7.39. The van der Waals surface area contributed by atoms with Crippen LogP contribution in [0.3, 0.4) is 0 Å². The van der Waals surface area contributed by atoms with Crippen LogP contribution < -0.4 is 9.64 Å². The lowest BCUT2D eigenvalue weighted by Gasteiger charge is -2.25. The van der Waals surface area contributed by atoms with Crippen LogP contribution in [-0.2, 0) is 11.3 Å². The molecule has 2 rings (SSSR count). The lowest BCUT2D eigenvalue weighted by molar-refractivity contribution is 0.0577. The molecule has 0 bridgehead atoms. The zero-order valence-electron chi connectivity index (χ0n) is 14.0. The van der Waals surface area contributed by atoms with E-state index in [9.17, 15) is 9.59 Å². The zero-order chi connectivity index (χ0) is 17.7. The maximum atomic E-state index is 12.5. The fourth-order valence-corrected chi connectivity index (χ4v) is 2.51. The number of hydrogen-bond donors (Lipinski definition) is 0. The molecule has 2 aromatic rings. The molecular formula is C16H19N3O4S. The average molecular weight is 349 g/mol. The largest absolute Gasteiger partial charge is 0.481 e. The van der Waals surface area contributed by atoms with E-state index < -0.39 is 11.7 Å². The molecule has 128 valence electrons. The second-order valence-corrected chi connectivity index (χ2v) is 6.98. The van der Waals surface area contributed by atoms with Crippen LogP contribution in [0, 0.1) is 0 Å². The molecule has 0 fully saturated rings. The summed E-state index contributed by atoms with van der Waals surface area (Å²) < 4.78 is 10.5. The monoisotopic (exact) mass is 349 g/mol. The van der Waals surface area contributed by atoms with Gasteiger partial charge in [-0.3, -0.25) is 4.79 Å². The number of carbonyl (C=O) groups is 2. The van der Waals surface area contributed by atoms with E-state index >= 15 is 0 Å². The van der Waals surface area contributed by atoms with Gasteiger partial charge >= 0.3 is 6.09 Å². The van der Waals surface area contributed by atoms with Crippen LogP contribution in [0.2, 0.25) is 0 Å². The minimum absolute atomic E-state index is 0.220. The first kappa shape index (κ1) is 17.9. The molecule has 0 aliphatic rings. The van der Waals surface area contributed by atoms with E-state index in [1.165, 1.54) is 18.2 Å². The molecule has 0 aliphatic carbocycles. The molecule has 0 spiro atoms. The van der Waals surface area contributed by atoms with E-state index in [-0.39, 0.29) is 6.54 Å². The van der Waals surface area contributed by atoms with Gasteiger partial charge in [-0.05, 0) is 26.3 Å². The number of methoxy groups -OCH3 is 1. The molecule has 0 N–H and O–H groups in total. The van der Waals surface area contributed by atoms with Gasteiger partial charge in [-0.25, -0.2) is 19.7 Å². The van der Waals surface area contributed by atoms with Crippen molar-refractivity contribution in [2.75, 3.05) is 12.0 Å². The van der Waals surface area contributed by atoms with Crippen LogP contribution in [-0.4, -0.2) is 35.1 Å². The Balaban J connectivity index is 2.27. The highest BCUT2D eigenvalue weighted by Gasteiger charge is 2.26. The summed E-state index contributed by atoms with van der Waals surface area (Å²) in [6.45, 7) is 5.59.